The number of carboxylic acids is 1. The third kappa shape index (κ3) is 5.24. The lowest BCUT2D eigenvalue weighted by molar-refractivity contribution is -0.141. The second-order valence-electron chi connectivity index (χ2n) is 5.58. The fourth-order valence-corrected chi connectivity index (χ4v) is 2.53. The van der Waals surface area contributed by atoms with Gasteiger partial charge in [0.25, 0.3) is 0 Å². The number of amides is 2. The number of aliphatic carboxylic acids is 1. The van der Waals surface area contributed by atoms with Gasteiger partial charge in [-0.25, -0.2) is 4.79 Å². The standard InChI is InChI=1S/C14H24N2O5/c1-3-7-16(9-12(19)21-2)13(20)15-10-14(5-4-6-14)8-11(17)18/h3-10H2,1-2H3,(H,15,20)(H,17,18). The van der Waals surface area contributed by atoms with Crippen molar-refractivity contribution >= 4 is 18.0 Å². The zero-order valence-electron chi connectivity index (χ0n) is 12.7. The number of carbonyl (C=O) groups is 3. The molecule has 0 bridgehead atoms. The molecule has 1 rings (SSSR count). The molecule has 0 spiro atoms. The average Bonchev–Trinajstić information content (AvgIpc) is 2.40. The van der Waals surface area contributed by atoms with E-state index < -0.39 is 11.9 Å². The Balaban J connectivity index is 2.52. The molecule has 0 heterocycles. The maximum absolute atomic E-state index is 12.1. The highest BCUT2D eigenvalue weighted by Crippen LogP contribution is 2.43. The summed E-state index contributed by atoms with van der Waals surface area (Å²) >= 11 is 0. The summed E-state index contributed by atoms with van der Waals surface area (Å²) in [6.07, 6.45) is 3.40. The number of ether oxygens (including phenoxy) is 1. The Hall–Kier alpha value is -1.79. The zero-order chi connectivity index (χ0) is 15.9. The van der Waals surface area contributed by atoms with Crippen molar-refractivity contribution in [2.45, 2.75) is 39.0 Å². The third-order valence-corrected chi connectivity index (χ3v) is 3.88. The van der Waals surface area contributed by atoms with Gasteiger partial charge < -0.3 is 20.1 Å². The van der Waals surface area contributed by atoms with E-state index in [0.717, 1.165) is 25.7 Å². The number of esters is 1. The van der Waals surface area contributed by atoms with Gasteiger partial charge >= 0.3 is 18.0 Å². The summed E-state index contributed by atoms with van der Waals surface area (Å²) < 4.78 is 4.57. The van der Waals surface area contributed by atoms with Gasteiger partial charge in [0.05, 0.1) is 13.5 Å². The van der Waals surface area contributed by atoms with Gasteiger partial charge in [0.15, 0.2) is 0 Å². The molecule has 0 atom stereocenters. The first-order valence-electron chi connectivity index (χ1n) is 7.24. The van der Waals surface area contributed by atoms with Crippen LogP contribution in [0.25, 0.3) is 0 Å². The highest BCUT2D eigenvalue weighted by atomic mass is 16.5. The summed E-state index contributed by atoms with van der Waals surface area (Å²) in [5.74, 6) is -1.31. The smallest absolute Gasteiger partial charge is 0.325 e. The van der Waals surface area contributed by atoms with Gasteiger partial charge in [0, 0.05) is 13.1 Å². The predicted molar refractivity (Wildman–Crippen MR) is 75.8 cm³/mol. The van der Waals surface area contributed by atoms with Crippen LogP contribution in [-0.2, 0) is 14.3 Å². The molecule has 0 aromatic carbocycles. The molecule has 1 fully saturated rings. The fourth-order valence-electron chi connectivity index (χ4n) is 2.53. The normalized spacial score (nSPS) is 15.7. The molecule has 2 N–H and O–H groups in total. The van der Waals surface area contributed by atoms with Crippen molar-refractivity contribution in [1.29, 1.82) is 0 Å². The fraction of sp³-hybridized carbons (Fsp3) is 0.786. The highest BCUT2D eigenvalue weighted by molar-refractivity contribution is 5.81. The van der Waals surface area contributed by atoms with Crippen molar-refractivity contribution in [1.82, 2.24) is 10.2 Å². The van der Waals surface area contributed by atoms with E-state index in [0.29, 0.717) is 13.1 Å². The van der Waals surface area contributed by atoms with Crippen LogP contribution in [0.15, 0.2) is 0 Å². The van der Waals surface area contributed by atoms with E-state index in [9.17, 15) is 14.4 Å². The van der Waals surface area contributed by atoms with Crippen LogP contribution >= 0.6 is 0 Å². The molecule has 7 heteroatoms. The Bertz CT molecular complexity index is 393. The summed E-state index contributed by atoms with van der Waals surface area (Å²) in [5.41, 5.74) is -0.329. The van der Waals surface area contributed by atoms with E-state index in [-0.39, 0.29) is 24.4 Å². The molecule has 1 aliphatic carbocycles. The van der Waals surface area contributed by atoms with Crippen LogP contribution in [0, 0.1) is 5.41 Å². The van der Waals surface area contributed by atoms with Gasteiger partial charge in [-0.05, 0) is 24.7 Å². The number of methoxy groups -OCH3 is 1. The van der Waals surface area contributed by atoms with E-state index in [1.54, 1.807) is 0 Å². The van der Waals surface area contributed by atoms with E-state index in [1.807, 2.05) is 6.92 Å². The number of hydrogen-bond donors (Lipinski definition) is 2. The molecule has 0 aliphatic heterocycles. The molecule has 0 aromatic rings. The minimum absolute atomic E-state index is 0.0675. The molecule has 0 radical (unpaired) electrons. The largest absolute Gasteiger partial charge is 0.481 e. The number of hydrogen-bond acceptors (Lipinski definition) is 4. The van der Waals surface area contributed by atoms with Crippen LogP contribution in [0.4, 0.5) is 4.79 Å². The number of urea groups is 1. The maximum Gasteiger partial charge on any atom is 0.325 e. The summed E-state index contributed by atoms with van der Waals surface area (Å²) in [6, 6.07) is -0.348. The van der Waals surface area contributed by atoms with Crippen LogP contribution in [0.3, 0.4) is 0 Å². The SMILES string of the molecule is CCCN(CC(=O)OC)C(=O)NCC1(CC(=O)O)CCC1. The number of nitrogens with one attached hydrogen (secondary N) is 1. The van der Waals surface area contributed by atoms with Crippen molar-refractivity contribution in [2.24, 2.45) is 5.41 Å². The van der Waals surface area contributed by atoms with Crippen molar-refractivity contribution in [3.8, 4) is 0 Å². The average molecular weight is 300 g/mol. The molecule has 21 heavy (non-hydrogen) atoms. The lowest BCUT2D eigenvalue weighted by atomic mass is 9.66. The predicted octanol–water partition coefficient (Wildman–Crippen LogP) is 1.23. The molecule has 120 valence electrons. The van der Waals surface area contributed by atoms with Crippen LogP contribution in [-0.4, -0.2) is 54.7 Å². The topological polar surface area (TPSA) is 95.9 Å². The van der Waals surface area contributed by atoms with E-state index in [1.165, 1.54) is 12.0 Å². The van der Waals surface area contributed by atoms with Gasteiger partial charge in [-0.3, -0.25) is 9.59 Å². The monoisotopic (exact) mass is 300 g/mol. The Kier molecular flexibility index (Phi) is 6.45. The van der Waals surface area contributed by atoms with Crippen LogP contribution in [0.2, 0.25) is 0 Å². The molecular weight excluding hydrogens is 276 g/mol. The molecule has 2 amide bonds. The number of nitrogens with zero attached hydrogens (tertiary/aromatic N) is 1. The quantitative estimate of drug-likeness (QED) is 0.657. The van der Waals surface area contributed by atoms with E-state index in [4.69, 9.17) is 5.11 Å². The Morgan fingerprint density at radius 3 is 2.43 bits per heavy atom. The first-order valence-corrected chi connectivity index (χ1v) is 7.24. The Labute approximate surface area is 124 Å². The van der Waals surface area contributed by atoms with Crippen molar-refractivity contribution < 1.29 is 24.2 Å². The Morgan fingerprint density at radius 1 is 1.33 bits per heavy atom. The van der Waals surface area contributed by atoms with Crippen LogP contribution < -0.4 is 5.32 Å². The first kappa shape index (κ1) is 17.3. The van der Waals surface area contributed by atoms with Crippen LogP contribution in [0.1, 0.15) is 39.0 Å². The summed E-state index contributed by atoms with van der Waals surface area (Å²) in [7, 11) is 1.28. The van der Waals surface area contributed by atoms with Gasteiger partial charge in [0.2, 0.25) is 0 Å². The highest BCUT2D eigenvalue weighted by Gasteiger charge is 2.39. The molecule has 1 aliphatic rings. The second-order valence-corrected chi connectivity index (χ2v) is 5.58. The lowest BCUT2D eigenvalue weighted by Crippen LogP contribution is -2.49. The first-order chi connectivity index (χ1) is 9.92. The molecule has 1 saturated carbocycles. The minimum Gasteiger partial charge on any atom is -0.481 e. The van der Waals surface area contributed by atoms with Crippen molar-refractivity contribution in [2.75, 3.05) is 26.7 Å². The van der Waals surface area contributed by atoms with E-state index in [2.05, 4.69) is 10.1 Å². The number of carboxylic acid groups (broad SMARTS) is 1. The molecule has 7 nitrogen and oxygen atoms in total. The lowest BCUT2D eigenvalue weighted by Gasteiger charge is -2.41. The second kappa shape index (κ2) is 7.85. The van der Waals surface area contributed by atoms with Gasteiger partial charge in [-0.15, -0.1) is 0 Å². The molecule has 0 unspecified atom stereocenters. The maximum atomic E-state index is 12.1. The van der Waals surface area contributed by atoms with Gasteiger partial charge in [-0.1, -0.05) is 13.3 Å². The number of rotatable bonds is 8. The van der Waals surface area contributed by atoms with Crippen molar-refractivity contribution in [3.05, 3.63) is 0 Å². The van der Waals surface area contributed by atoms with Gasteiger partial charge in [-0.2, -0.15) is 0 Å². The Morgan fingerprint density at radius 2 is 2.00 bits per heavy atom. The summed E-state index contributed by atoms with van der Waals surface area (Å²) in [5, 5.41) is 11.7. The van der Waals surface area contributed by atoms with Gasteiger partial charge in [0.1, 0.15) is 6.54 Å². The van der Waals surface area contributed by atoms with E-state index >= 15 is 0 Å². The third-order valence-electron chi connectivity index (χ3n) is 3.88. The van der Waals surface area contributed by atoms with Crippen molar-refractivity contribution in [3.63, 3.8) is 0 Å². The minimum atomic E-state index is -0.844. The molecule has 0 aromatic heterocycles. The molecular formula is C14H24N2O5. The zero-order valence-corrected chi connectivity index (χ0v) is 12.7. The summed E-state index contributed by atoms with van der Waals surface area (Å²) in [6.45, 7) is 2.60. The summed E-state index contributed by atoms with van der Waals surface area (Å²) in [4.78, 5) is 35.7. The number of carbonyl (C=O) groups excluding carboxylic acids is 2. The van der Waals surface area contributed by atoms with Crippen LogP contribution in [0.5, 0.6) is 0 Å². The molecule has 0 saturated heterocycles.